The highest BCUT2D eigenvalue weighted by atomic mass is 16.4. The van der Waals surface area contributed by atoms with Crippen molar-refractivity contribution in [3.63, 3.8) is 0 Å². The third kappa shape index (κ3) is 2.03. The number of aromatic amines is 1. The number of carbonyl (C=O) groups excluding carboxylic acids is 1. The molecule has 1 aromatic heterocycles. The summed E-state index contributed by atoms with van der Waals surface area (Å²) >= 11 is 0. The third-order valence-corrected chi connectivity index (χ3v) is 3.77. The Morgan fingerprint density at radius 1 is 1.53 bits per heavy atom. The first-order valence-electron chi connectivity index (χ1n) is 6.25. The summed E-state index contributed by atoms with van der Waals surface area (Å²) in [6, 6.07) is 1.26. The normalized spacial score (nSPS) is 22.5. The number of aliphatic carboxylic acids is 1. The van der Waals surface area contributed by atoms with E-state index in [4.69, 9.17) is 0 Å². The van der Waals surface area contributed by atoms with Gasteiger partial charge in [0.1, 0.15) is 11.1 Å². The summed E-state index contributed by atoms with van der Waals surface area (Å²) in [6.07, 6.45) is 4.16. The lowest BCUT2D eigenvalue weighted by atomic mass is 9.92. The summed E-state index contributed by atoms with van der Waals surface area (Å²) in [4.78, 5) is 39.6. The number of nitrogens with zero attached hydrogens (tertiary/aromatic N) is 1. The molecule has 0 aromatic carbocycles. The van der Waals surface area contributed by atoms with Gasteiger partial charge in [-0.1, -0.05) is 6.92 Å². The van der Waals surface area contributed by atoms with Gasteiger partial charge in [-0.3, -0.25) is 9.59 Å². The number of hydrogen-bond donors (Lipinski definition) is 2. The maximum Gasteiger partial charge on any atom is 0.329 e. The maximum atomic E-state index is 12.4. The first kappa shape index (κ1) is 13.3. The Bertz CT molecular complexity index is 566. The van der Waals surface area contributed by atoms with Crippen molar-refractivity contribution in [2.75, 3.05) is 6.54 Å². The van der Waals surface area contributed by atoms with Crippen molar-refractivity contribution in [3.8, 4) is 0 Å². The Labute approximate surface area is 110 Å². The van der Waals surface area contributed by atoms with Gasteiger partial charge in [0.25, 0.3) is 5.91 Å². The van der Waals surface area contributed by atoms with Crippen molar-refractivity contribution in [2.24, 2.45) is 0 Å². The number of nitrogens with one attached hydrogen (secondary N) is 1. The smallest absolute Gasteiger partial charge is 0.329 e. The minimum atomic E-state index is -1.18. The molecule has 2 heterocycles. The molecular weight excluding hydrogens is 248 g/mol. The molecule has 1 aliphatic heterocycles. The van der Waals surface area contributed by atoms with Crippen LogP contribution in [-0.2, 0) is 4.79 Å². The lowest BCUT2D eigenvalue weighted by Gasteiger charge is -2.33. The Kier molecular flexibility index (Phi) is 3.42. The number of carbonyl (C=O) groups is 2. The first-order valence-corrected chi connectivity index (χ1v) is 6.25. The van der Waals surface area contributed by atoms with E-state index >= 15 is 0 Å². The molecule has 6 heteroatoms. The monoisotopic (exact) mass is 264 g/mol. The van der Waals surface area contributed by atoms with Crippen LogP contribution in [0.15, 0.2) is 23.3 Å². The fourth-order valence-corrected chi connectivity index (χ4v) is 2.64. The number of hydrogen-bond acceptors (Lipinski definition) is 3. The molecule has 6 nitrogen and oxygen atoms in total. The van der Waals surface area contributed by atoms with E-state index in [1.165, 1.54) is 23.4 Å². The average Bonchev–Trinajstić information content (AvgIpc) is 2.83. The van der Waals surface area contributed by atoms with Gasteiger partial charge in [-0.2, -0.15) is 0 Å². The maximum absolute atomic E-state index is 12.4. The largest absolute Gasteiger partial charge is 0.479 e. The van der Waals surface area contributed by atoms with Crippen molar-refractivity contribution in [1.29, 1.82) is 0 Å². The SMILES string of the molecule is CCC1(C(=O)O)CCCN1C(=O)c1c[nH]ccc1=O. The number of H-pyrrole nitrogens is 1. The van der Waals surface area contributed by atoms with E-state index in [0.717, 1.165) is 0 Å². The molecule has 0 radical (unpaired) electrons. The number of likely N-dealkylation sites (tertiary alicyclic amines) is 1. The van der Waals surface area contributed by atoms with Crippen LogP contribution in [0.1, 0.15) is 36.5 Å². The van der Waals surface area contributed by atoms with Gasteiger partial charge in [-0.05, 0) is 19.3 Å². The van der Waals surface area contributed by atoms with Gasteiger partial charge in [0, 0.05) is 25.0 Å². The molecule has 1 fully saturated rings. The van der Waals surface area contributed by atoms with E-state index in [1.54, 1.807) is 6.92 Å². The van der Waals surface area contributed by atoms with Gasteiger partial charge in [0.15, 0.2) is 5.43 Å². The van der Waals surface area contributed by atoms with Crippen LogP contribution in [0.2, 0.25) is 0 Å². The van der Waals surface area contributed by atoms with Crippen molar-refractivity contribution >= 4 is 11.9 Å². The highest BCUT2D eigenvalue weighted by Gasteiger charge is 2.48. The molecule has 1 amide bonds. The topological polar surface area (TPSA) is 90.5 Å². The van der Waals surface area contributed by atoms with Gasteiger partial charge in [-0.15, -0.1) is 0 Å². The Morgan fingerprint density at radius 3 is 2.84 bits per heavy atom. The van der Waals surface area contributed by atoms with Gasteiger partial charge in [-0.25, -0.2) is 4.79 Å². The van der Waals surface area contributed by atoms with Gasteiger partial charge >= 0.3 is 5.97 Å². The highest BCUT2D eigenvalue weighted by Crippen LogP contribution is 2.33. The van der Waals surface area contributed by atoms with E-state index < -0.39 is 22.8 Å². The average molecular weight is 264 g/mol. The molecule has 1 aliphatic rings. The fraction of sp³-hybridized carbons (Fsp3) is 0.462. The van der Waals surface area contributed by atoms with Crippen LogP contribution < -0.4 is 5.43 Å². The van der Waals surface area contributed by atoms with Crippen molar-refractivity contribution < 1.29 is 14.7 Å². The molecule has 1 atom stereocenters. The summed E-state index contributed by atoms with van der Waals surface area (Å²) in [5.74, 6) is -1.52. The Morgan fingerprint density at radius 2 is 2.26 bits per heavy atom. The molecule has 0 saturated carbocycles. The van der Waals surface area contributed by atoms with Crippen LogP contribution in [0, 0.1) is 0 Å². The van der Waals surface area contributed by atoms with E-state index in [2.05, 4.69) is 4.98 Å². The van der Waals surface area contributed by atoms with Crippen molar-refractivity contribution in [1.82, 2.24) is 9.88 Å². The van der Waals surface area contributed by atoms with E-state index in [0.29, 0.717) is 25.8 Å². The number of rotatable bonds is 3. The summed E-state index contributed by atoms with van der Waals surface area (Å²) in [7, 11) is 0. The predicted molar refractivity (Wildman–Crippen MR) is 68.0 cm³/mol. The molecule has 1 unspecified atom stereocenters. The second-order valence-electron chi connectivity index (χ2n) is 4.67. The third-order valence-electron chi connectivity index (χ3n) is 3.77. The zero-order valence-corrected chi connectivity index (χ0v) is 10.7. The lowest BCUT2D eigenvalue weighted by Crippen LogP contribution is -2.53. The van der Waals surface area contributed by atoms with E-state index in [-0.39, 0.29) is 5.56 Å². The van der Waals surface area contributed by atoms with Crippen molar-refractivity contribution in [3.05, 3.63) is 34.2 Å². The molecule has 1 aromatic rings. The summed E-state index contributed by atoms with van der Waals surface area (Å²) in [6.45, 7) is 2.11. The number of carboxylic acid groups (broad SMARTS) is 1. The zero-order valence-electron chi connectivity index (χ0n) is 10.7. The van der Waals surface area contributed by atoms with Crippen LogP contribution in [0.25, 0.3) is 0 Å². The van der Waals surface area contributed by atoms with Gasteiger partial charge in [0.05, 0.1) is 0 Å². The van der Waals surface area contributed by atoms with Crippen LogP contribution in [0.4, 0.5) is 0 Å². The zero-order chi connectivity index (χ0) is 14.0. The fourth-order valence-electron chi connectivity index (χ4n) is 2.64. The number of carboxylic acids is 1. The molecule has 1 saturated heterocycles. The molecular formula is C13H16N2O4. The van der Waals surface area contributed by atoms with Gasteiger partial charge < -0.3 is 15.0 Å². The molecule has 2 rings (SSSR count). The van der Waals surface area contributed by atoms with Crippen LogP contribution in [0.5, 0.6) is 0 Å². The molecule has 19 heavy (non-hydrogen) atoms. The molecule has 0 aliphatic carbocycles. The minimum absolute atomic E-state index is 0.0107. The quantitative estimate of drug-likeness (QED) is 0.846. The van der Waals surface area contributed by atoms with Crippen LogP contribution in [-0.4, -0.2) is 39.0 Å². The molecule has 2 N–H and O–H groups in total. The van der Waals surface area contributed by atoms with Crippen LogP contribution >= 0.6 is 0 Å². The summed E-state index contributed by atoms with van der Waals surface area (Å²) in [5.41, 5.74) is -1.59. The minimum Gasteiger partial charge on any atom is -0.479 e. The number of pyridine rings is 1. The van der Waals surface area contributed by atoms with Crippen LogP contribution in [0.3, 0.4) is 0 Å². The van der Waals surface area contributed by atoms with E-state index in [9.17, 15) is 19.5 Å². The second-order valence-corrected chi connectivity index (χ2v) is 4.67. The number of amides is 1. The first-order chi connectivity index (χ1) is 9.03. The Balaban J connectivity index is 2.41. The highest BCUT2D eigenvalue weighted by molar-refractivity contribution is 5.98. The van der Waals surface area contributed by atoms with Crippen molar-refractivity contribution in [2.45, 2.75) is 31.7 Å². The lowest BCUT2D eigenvalue weighted by molar-refractivity contribution is -0.148. The molecule has 0 spiro atoms. The number of aromatic nitrogens is 1. The molecule has 102 valence electrons. The van der Waals surface area contributed by atoms with E-state index in [1.807, 2.05) is 0 Å². The summed E-state index contributed by atoms with van der Waals surface area (Å²) < 4.78 is 0. The summed E-state index contributed by atoms with van der Waals surface area (Å²) in [5, 5.41) is 9.42. The molecule has 0 bridgehead atoms. The Hall–Kier alpha value is -2.11. The second kappa shape index (κ2) is 4.87. The predicted octanol–water partition coefficient (Wildman–Crippen LogP) is 0.844. The standard InChI is InChI=1S/C13H16N2O4/c1-2-13(12(18)19)5-3-7-15(13)11(17)9-8-14-6-4-10(9)16/h4,6,8H,2-3,5,7H2,1H3,(H,14,16)(H,18,19). The van der Waals surface area contributed by atoms with Gasteiger partial charge in [0.2, 0.25) is 0 Å².